The van der Waals surface area contributed by atoms with Crippen LogP contribution in [0, 0.1) is 0 Å². The van der Waals surface area contributed by atoms with E-state index < -0.39 is 12.7 Å². The van der Waals surface area contributed by atoms with Crippen molar-refractivity contribution >= 4 is 0 Å². The standard InChI is InChI=1S/C10H10F2O2/c11-10(12)14-7-2-3-8-6(5-7)1-4-9(8)13/h2-3,5,9-10,13H,1,4H2/t9-/m1/s1. The third kappa shape index (κ3) is 1.70. The van der Waals surface area contributed by atoms with Crippen molar-refractivity contribution in [1.82, 2.24) is 0 Å². The molecule has 0 saturated carbocycles. The van der Waals surface area contributed by atoms with Crippen LogP contribution in [0.4, 0.5) is 8.78 Å². The summed E-state index contributed by atoms with van der Waals surface area (Å²) in [6.45, 7) is -2.79. The van der Waals surface area contributed by atoms with Crippen molar-refractivity contribution in [1.29, 1.82) is 0 Å². The zero-order valence-electron chi connectivity index (χ0n) is 7.41. The summed E-state index contributed by atoms with van der Waals surface area (Å²) in [5.41, 5.74) is 1.72. The van der Waals surface area contributed by atoms with Crippen molar-refractivity contribution < 1.29 is 18.6 Å². The molecule has 0 saturated heterocycles. The van der Waals surface area contributed by atoms with Crippen LogP contribution in [0.25, 0.3) is 0 Å². The number of aliphatic hydroxyl groups excluding tert-OH is 1. The lowest BCUT2D eigenvalue weighted by molar-refractivity contribution is -0.0498. The van der Waals surface area contributed by atoms with E-state index in [-0.39, 0.29) is 5.75 Å². The van der Waals surface area contributed by atoms with Crippen molar-refractivity contribution in [2.45, 2.75) is 25.6 Å². The van der Waals surface area contributed by atoms with E-state index in [4.69, 9.17) is 0 Å². The first-order valence-electron chi connectivity index (χ1n) is 4.42. The molecule has 4 heteroatoms. The van der Waals surface area contributed by atoms with Crippen LogP contribution in [0.1, 0.15) is 23.7 Å². The lowest BCUT2D eigenvalue weighted by Gasteiger charge is -2.07. The van der Waals surface area contributed by atoms with E-state index in [2.05, 4.69) is 4.74 Å². The first kappa shape index (κ1) is 9.40. The predicted molar refractivity (Wildman–Crippen MR) is 46.4 cm³/mol. The zero-order valence-corrected chi connectivity index (χ0v) is 7.41. The van der Waals surface area contributed by atoms with Gasteiger partial charge in [0, 0.05) is 0 Å². The van der Waals surface area contributed by atoms with Gasteiger partial charge >= 0.3 is 6.61 Å². The maximum Gasteiger partial charge on any atom is 0.387 e. The number of hydrogen-bond acceptors (Lipinski definition) is 2. The van der Waals surface area contributed by atoms with Crippen molar-refractivity contribution in [3.63, 3.8) is 0 Å². The van der Waals surface area contributed by atoms with Crippen molar-refractivity contribution in [2.24, 2.45) is 0 Å². The van der Waals surface area contributed by atoms with Crippen LogP contribution in [0.5, 0.6) is 5.75 Å². The number of rotatable bonds is 2. The average molecular weight is 200 g/mol. The van der Waals surface area contributed by atoms with E-state index >= 15 is 0 Å². The number of benzene rings is 1. The fourth-order valence-corrected chi connectivity index (χ4v) is 1.75. The maximum atomic E-state index is 11.9. The number of hydrogen-bond donors (Lipinski definition) is 1. The summed E-state index contributed by atoms with van der Waals surface area (Å²) in [5, 5.41) is 9.47. The third-order valence-electron chi connectivity index (χ3n) is 2.39. The minimum atomic E-state index is -2.79. The van der Waals surface area contributed by atoms with Gasteiger partial charge in [0.25, 0.3) is 0 Å². The largest absolute Gasteiger partial charge is 0.435 e. The molecule has 0 spiro atoms. The summed E-state index contributed by atoms with van der Waals surface area (Å²) < 4.78 is 28.0. The molecule has 1 N–H and O–H groups in total. The highest BCUT2D eigenvalue weighted by Gasteiger charge is 2.20. The van der Waals surface area contributed by atoms with Gasteiger partial charge in [-0.2, -0.15) is 8.78 Å². The molecule has 0 heterocycles. The molecule has 0 fully saturated rings. The van der Waals surface area contributed by atoms with Gasteiger partial charge in [-0.25, -0.2) is 0 Å². The van der Waals surface area contributed by atoms with Crippen LogP contribution in [0.15, 0.2) is 18.2 Å². The zero-order chi connectivity index (χ0) is 10.1. The van der Waals surface area contributed by atoms with Gasteiger partial charge in [-0.1, -0.05) is 6.07 Å². The Bertz CT molecular complexity index is 339. The van der Waals surface area contributed by atoms with Crippen molar-refractivity contribution in [2.75, 3.05) is 0 Å². The molecule has 1 aliphatic carbocycles. The van der Waals surface area contributed by atoms with Gasteiger partial charge in [0.2, 0.25) is 0 Å². The highest BCUT2D eigenvalue weighted by Crippen LogP contribution is 2.33. The van der Waals surface area contributed by atoms with Crippen molar-refractivity contribution in [3.05, 3.63) is 29.3 Å². The maximum absolute atomic E-state index is 11.9. The minimum absolute atomic E-state index is 0.160. The monoisotopic (exact) mass is 200 g/mol. The SMILES string of the molecule is O[C@@H]1CCc2cc(OC(F)F)ccc21. The molecule has 1 atom stereocenters. The molecule has 2 nitrogen and oxygen atoms in total. The molecule has 0 bridgehead atoms. The first-order valence-corrected chi connectivity index (χ1v) is 4.42. The average Bonchev–Trinajstić information content (AvgIpc) is 2.46. The Kier molecular flexibility index (Phi) is 2.37. The fraction of sp³-hybridized carbons (Fsp3) is 0.400. The number of aliphatic hydroxyl groups is 1. The van der Waals surface area contributed by atoms with E-state index in [1.807, 2.05) is 0 Å². The van der Waals surface area contributed by atoms with Crippen LogP contribution in [0.2, 0.25) is 0 Å². The minimum Gasteiger partial charge on any atom is -0.435 e. The Morgan fingerprint density at radius 1 is 1.43 bits per heavy atom. The molecule has 0 unspecified atom stereocenters. The van der Waals surface area contributed by atoms with Gasteiger partial charge < -0.3 is 9.84 Å². The second-order valence-electron chi connectivity index (χ2n) is 3.29. The van der Waals surface area contributed by atoms with Crippen LogP contribution < -0.4 is 4.74 Å². The highest BCUT2D eigenvalue weighted by atomic mass is 19.3. The van der Waals surface area contributed by atoms with Gasteiger partial charge in [0.1, 0.15) is 5.75 Å². The molecular formula is C10H10F2O2. The molecule has 1 aliphatic rings. The van der Waals surface area contributed by atoms with E-state index in [9.17, 15) is 13.9 Å². The summed E-state index contributed by atoms with van der Waals surface area (Å²) in [4.78, 5) is 0. The summed E-state index contributed by atoms with van der Waals surface area (Å²) in [7, 11) is 0. The van der Waals surface area contributed by atoms with Crippen LogP contribution >= 0.6 is 0 Å². The number of fused-ring (bicyclic) bond motifs is 1. The molecule has 0 radical (unpaired) electrons. The van der Waals surface area contributed by atoms with Crippen molar-refractivity contribution in [3.8, 4) is 5.75 Å². The molecule has 14 heavy (non-hydrogen) atoms. The van der Waals surface area contributed by atoms with Gasteiger partial charge in [0.15, 0.2) is 0 Å². The number of alkyl halides is 2. The number of halogens is 2. The molecule has 1 aromatic rings. The van der Waals surface area contributed by atoms with Crippen LogP contribution in [-0.2, 0) is 6.42 Å². The van der Waals surface area contributed by atoms with Gasteiger partial charge in [-0.05, 0) is 36.1 Å². The smallest absolute Gasteiger partial charge is 0.387 e. The number of ether oxygens (including phenoxy) is 1. The van der Waals surface area contributed by atoms with Crippen LogP contribution in [0.3, 0.4) is 0 Å². The topological polar surface area (TPSA) is 29.5 Å². The first-order chi connectivity index (χ1) is 6.66. The predicted octanol–water partition coefficient (Wildman–Crippen LogP) is 2.27. The molecule has 0 aliphatic heterocycles. The fourth-order valence-electron chi connectivity index (χ4n) is 1.75. The third-order valence-corrected chi connectivity index (χ3v) is 2.39. The van der Waals surface area contributed by atoms with E-state index in [0.29, 0.717) is 6.42 Å². The summed E-state index contributed by atoms with van der Waals surface area (Å²) in [5.74, 6) is 0.160. The Balaban J connectivity index is 2.24. The Morgan fingerprint density at radius 3 is 2.93 bits per heavy atom. The molecule has 0 aromatic heterocycles. The molecule has 0 amide bonds. The van der Waals surface area contributed by atoms with Crippen LogP contribution in [-0.4, -0.2) is 11.7 Å². The molecular weight excluding hydrogens is 190 g/mol. The summed E-state index contributed by atoms with van der Waals surface area (Å²) in [6, 6.07) is 4.67. The summed E-state index contributed by atoms with van der Waals surface area (Å²) >= 11 is 0. The van der Waals surface area contributed by atoms with Gasteiger partial charge in [-0.15, -0.1) is 0 Å². The Morgan fingerprint density at radius 2 is 2.21 bits per heavy atom. The normalized spacial score (nSPS) is 19.9. The van der Waals surface area contributed by atoms with Gasteiger partial charge in [0.05, 0.1) is 6.10 Å². The van der Waals surface area contributed by atoms with Gasteiger partial charge in [-0.3, -0.25) is 0 Å². The molecule has 2 rings (SSSR count). The molecule has 76 valence electrons. The van der Waals surface area contributed by atoms with E-state index in [0.717, 1.165) is 17.5 Å². The lowest BCUT2D eigenvalue weighted by Crippen LogP contribution is -2.02. The molecule has 1 aromatic carbocycles. The summed E-state index contributed by atoms with van der Waals surface area (Å²) in [6.07, 6.45) is 0.926. The van der Waals surface area contributed by atoms with E-state index in [1.54, 1.807) is 12.1 Å². The number of aryl methyl sites for hydroxylation is 1. The van der Waals surface area contributed by atoms with E-state index in [1.165, 1.54) is 6.07 Å². The quantitative estimate of drug-likeness (QED) is 0.793. The Labute approximate surface area is 80.1 Å². The Hall–Kier alpha value is -1.16. The second kappa shape index (κ2) is 3.53. The second-order valence-corrected chi connectivity index (χ2v) is 3.29. The highest BCUT2D eigenvalue weighted by molar-refractivity contribution is 5.39. The lowest BCUT2D eigenvalue weighted by atomic mass is 10.1.